The summed E-state index contributed by atoms with van der Waals surface area (Å²) in [4.78, 5) is 30.2. The second kappa shape index (κ2) is 10.0. The molecule has 9 heteroatoms. The number of hydrogen-bond donors (Lipinski definition) is 1. The van der Waals surface area contributed by atoms with Crippen LogP contribution < -0.4 is 11.4 Å². The molecule has 1 saturated carbocycles. The molecule has 1 amide bonds. The lowest BCUT2D eigenvalue weighted by Crippen LogP contribution is -2.26. The van der Waals surface area contributed by atoms with E-state index in [2.05, 4.69) is 4.98 Å². The summed E-state index contributed by atoms with van der Waals surface area (Å²) in [5.74, 6) is -0.589. The number of rotatable bonds is 8. The van der Waals surface area contributed by atoms with E-state index in [0.717, 1.165) is 23.9 Å². The van der Waals surface area contributed by atoms with Crippen LogP contribution in [0.15, 0.2) is 41.5 Å². The Morgan fingerprint density at radius 3 is 2.59 bits per heavy atom. The van der Waals surface area contributed by atoms with Crippen LogP contribution in [0.5, 0.6) is 0 Å². The van der Waals surface area contributed by atoms with Crippen molar-refractivity contribution in [3.63, 3.8) is 0 Å². The molecule has 34 heavy (non-hydrogen) atoms. The lowest BCUT2D eigenvalue weighted by Gasteiger charge is -2.12. The Kier molecular flexibility index (Phi) is 7.07. The smallest absolute Gasteiger partial charge is 0.329 e. The molecule has 4 aromatic rings. The highest BCUT2D eigenvalue weighted by molar-refractivity contribution is 6.31. The predicted molar refractivity (Wildman–Crippen MR) is 133 cm³/mol. The van der Waals surface area contributed by atoms with Crippen molar-refractivity contribution in [2.24, 2.45) is 5.73 Å². The summed E-state index contributed by atoms with van der Waals surface area (Å²) in [6.07, 6.45) is 6.28. The van der Waals surface area contributed by atoms with E-state index in [1.54, 1.807) is 29.1 Å². The summed E-state index contributed by atoms with van der Waals surface area (Å²) >= 11 is 6.21. The van der Waals surface area contributed by atoms with Crippen LogP contribution in [0.25, 0.3) is 21.9 Å². The fourth-order valence-electron chi connectivity index (χ4n) is 4.55. The minimum atomic E-state index is -0.589. The van der Waals surface area contributed by atoms with Crippen LogP contribution in [0, 0.1) is 0 Å². The molecule has 2 N–H and O–H groups in total. The quantitative estimate of drug-likeness (QED) is 0.354. The van der Waals surface area contributed by atoms with Crippen molar-refractivity contribution in [1.82, 2.24) is 18.7 Å². The normalized spacial score (nSPS) is 13.3. The van der Waals surface area contributed by atoms with E-state index >= 15 is 0 Å². The Hall–Kier alpha value is -3.13. The molecular weight excluding hydrogens is 457 g/mol. The molecule has 1 aliphatic carbocycles. The number of imidazole rings is 1. The number of carbonyl (C=O) groups excluding carboxylic acids is 1. The number of hydrogen-bond acceptors (Lipinski definition) is 3. The number of amides is 1. The van der Waals surface area contributed by atoms with Crippen molar-refractivity contribution in [2.45, 2.75) is 58.7 Å². The monoisotopic (exact) mass is 485 g/mol. The number of aromatic nitrogens is 4. The summed E-state index contributed by atoms with van der Waals surface area (Å²) < 4.78 is 18.2. The highest BCUT2D eigenvalue weighted by atomic mass is 35.5. The van der Waals surface area contributed by atoms with E-state index in [1.807, 2.05) is 35.1 Å². The third-order valence-electron chi connectivity index (χ3n) is 6.13. The van der Waals surface area contributed by atoms with Crippen molar-refractivity contribution in [3.05, 3.63) is 63.4 Å². The van der Waals surface area contributed by atoms with Crippen LogP contribution in [-0.2, 0) is 13.1 Å². The van der Waals surface area contributed by atoms with Gasteiger partial charge >= 0.3 is 5.69 Å². The van der Waals surface area contributed by atoms with Gasteiger partial charge in [0.1, 0.15) is 0 Å². The first-order valence-corrected chi connectivity index (χ1v) is 12.1. The highest BCUT2D eigenvalue weighted by Gasteiger charge is 2.30. The number of primary amides is 1. The molecule has 0 unspecified atom stereocenters. The number of halogens is 2. The Morgan fingerprint density at radius 2 is 1.91 bits per heavy atom. The molecule has 3 heterocycles. The SMILES string of the molecule is CC.NC(=O)c1c(Cn2c(=O)n(C3CC3)c3ccncc32)n(CCCCF)c2ccc(Cl)cc12. The molecular formula is C25H29ClFN5O2. The van der Waals surface area contributed by atoms with E-state index in [1.165, 1.54) is 0 Å². The molecule has 180 valence electrons. The number of unbranched alkanes of at least 4 members (excludes halogenated alkanes) is 1. The Morgan fingerprint density at radius 1 is 1.15 bits per heavy atom. The molecule has 0 atom stereocenters. The van der Waals surface area contributed by atoms with E-state index in [0.29, 0.717) is 46.6 Å². The second-order valence-corrected chi connectivity index (χ2v) is 8.67. The van der Waals surface area contributed by atoms with Gasteiger partial charge in [-0.2, -0.15) is 0 Å². The van der Waals surface area contributed by atoms with Gasteiger partial charge in [-0.15, -0.1) is 0 Å². The third kappa shape index (κ3) is 4.22. The van der Waals surface area contributed by atoms with Crippen molar-refractivity contribution >= 4 is 39.4 Å². The molecule has 5 rings (SSSR count). The first-order valence-electron chi connectivity index (χ1n) is 11.7. The van der Waals surface area contributed by atoms with E-state index in [9.17, 15) is 14.0 Å². The van der Waals surface area contributed by atoms with Gasteiger partial charge in [0.2, 0.25) is 0 Å². The summed E-state index contributed by atoms with van der Waals surface area (Å²) in [5, 5.41) is 1.12. The minimum Gasteiger partial charge on any atom is -0.366 e. The zero-order valence-corrected chi connectivity index (χ0v) is 20.2. The van der Waals surface area contributed by atoms with Gasteiger partial charge in [0, 0.05) is 34.7 Å². The number of pyridine rings is 1. The van der Waals surface area contributed by atoms with Crippen molar-refractivity contribution < 1.29 is 9.18 Å². The lowest BCUT2D eigenvalue weighted by molar-refractivity contribution is 0.100. The maximum atomic E-state index is 13.4. The second-order valence-electron chi connectivity index (χ2n) is 8.23. The summed E-state index contributed by atoms with van der Waals surface area (Å²) in [7, 11) is 0. The van der Waals surface area contributed by atoms with Gasteiger partial charge in [0.05, 0.1) is 41.7 Å². The summed E-state index contributed by atoms with van der Waals surface area (Å²) in [6.45, 7) is 4.24. The third-order valence-corrected chi connectivity index (χ3v) is 6.36. The topological polar surface area (TPSA) is 87.8 Å². The van der Waals surface area contributed by atoms with Gasteiger partial charge in [-0.05, 0) is 49.9 Å². The fraction of sp³-hybridized carbons (Fsp3) is 0.400. The number of aryl methyl sites for hydroxylation is 1. The Bertz CT molecular complexity index is 1400. The minimum absolute atomic E-state index is 0.135. The molecule has 0 spiro atoms. The summed E-state index contributed by atoms with van der Waals surface area (Å²) in [6, 6.07) is 7.33. The van der Waals surface area contributed by atoms with Crippen LogP contribution in [0.2, 0.25) is 5.02 Å². The molecule has 7 nitrogen and oxygen atoms in total. The van der Waals surface area contributed by atoms with Crippen molar-refractivity contribution in [1.29, 1.82) is 0 Å². The van der Waals surface area contributed by atoms with Crippen LogP contribution in [0.3, 0.4) is 0 Å². The van der Waals surface area contributed by atoms with Crippen molar-refractivity contribution in [3.8, 4) is 0 Å². The summed E-state index contributed by atoms with van der Waals surface area (Å²) in [5.41, 5.74) is 8.95. The Labute approximate surface area is 201 Å². The number of nitrogens with zero attached hydrogens (tertiary/aromatic N) is 4. The number of carbonyl (C=O) groups is 1. The number of fused-ring (bicyclic) bond motifs is 2. The van der Waals surface area contributed by atoms with Gasteiger partial charge < -0.3 is 10.3 Å². The Balaban J connectivity index is 0.00000133. The average molecular weight is 486 g/mol. The molecule has 0 radical (unpaired) electrons. The van der Waals surface area contributed by atoms with E-state index in [4.69, 9.17) is 17.3 Å². The van der Waals surface area contributed by atoms with Gasteiger partial charge in [-0.3, -0.25) is 23.3 Å². The lowest BCUT2D eigenvalue weighted by atomic mass is 10.1. The zero-order valence-electron chi connectivity index (χ0n) is 19.4. The zero-order chi connectivity index (χ0) is 24.4. The molecule has 1 aromatic carbocycles. The van der Waals surface area contributed by atoms with Gasteiger partial charge in [-0.25, -0.2) is 4.79 Å². The maximum absolute atomic E-state index is 13.4. The highest BCUT2D eigenvalue weighted by Crippen LogP contribution is 2.36. The number of alkyl halides is 1. The van der Waals surface area contributed by atoms with Crippen LogP contribution >= 0.6 is 11.6 Å². The number of benzene rings is 1. The number of nitrogens with two attached hydrogens (primary N) is 1. The van der Waals surface area contributed by atoms with Crippen molar-refractivity contribution in [2.75, 3.05) is 6.67 Å². The molecule has 0 bridgehead atoms. The van der Waals surface area contributed by atoms with Crippen LogP contribution in [0.4, 0.5) is 4.39 Å². The predicted octanol–water partition coefficient (Wildman–Crippen LogP) is 5.06. The first-order chi connectivity index (χ1) is 16.5. The molecule has 1 aliphatic rings. The van der Waals surface area contributed by atoms with E-state index in [-0.39, 0.29) is 18.3 Å². The fourth-order valence-corrected chi connectivity index (χ4v) is 4.73. The van der Waals surface area contributed by atoms with E-state index < -0.39 is 12.6 Å². The van der Waals surface area contributed by atoms with Gasteiger partial charge in [0.15, 0.2) is 0 Å². The molecule has 3 aromatic heterocycles. The van der Waals surface area contributed by atoms with Gasteiger partial charge in [0.25, 0.3) is 5.91 Å². The van der Waals surface area contributed by atoms with Gasteiger partial charge in [-0.1, -0.05) is 25.4 Å². The standard InChI is InChI=1S/C23H23ClFN5O2.C2H6/c24-14-3-6-17-16(11-14)21(22(26)31)20(28(17)10-2-1-8-25)13-29-19-12-27-9-7-18(19)30(23(29)32)15-4-5-15;1-2/h3,6-7,9,11-12,15H,1-2,4-5,8,10,13H2,(H2,26,31);1-2H3. The van der Waals surface area contributed by atoms with Crippen LogP contribution in [-0.4, -0.2) is 31.3 Å². The van der Waals surface area contributed by atoms with Crippen LogP contribution in [0.1, 0.15) is 61.6 Å². The molecule has 1 fully saturated rings. The maximum Gasteiger partial charge on any atom is 0.329 e. The largest absolute Gasteiger partial charge is 0.366 e. The molecule has 0 saturated heterocycles. The first kappa shape index (κ1) is 24.0. The average Bonchev–Trinajstić information content (AvgIpc) is 3.57. The molecule has 0 aliphatic heterocycles.